The highest BCUT2D eigenvalue weighted by atomic mass is 28.3. The van der Waals surface area contributed by atoms with Crippen LogP contribution in [0.5, 0.6) is 0 Å². The maximum absolute atomic E-state index is 2.49. The molecule has 110 valence electrons. The minimum atomic E-state index is -1.13. The summed E-state index contributed by atoms with van der Waals surface area (Å²) in [6, 6.07) is 14.8. The van der Waals surface area contributed by atoms with Crippen LogP contribution in [-0.2, 0) is 18.9 Å². The van der Waals surface area contributed by atoms with Gasteiger partial charge in [0.05, 0.1) is 0 Å². The predicted octanol–water partition coefficient (Wildman–Crippen LogP) is 5.57. The maximum Gasteiger partial charge on any atom is 0.0487 e. The van der Waals surface area contributed by atoms with Crippen molar-refractivity contribution >= 4 is 8.07 Å². The first-order valence-corrected chi connectivity index (χ1v) is 11.9. The second-order valence-corrected chi connectivity index (χ2v) is 13.1. The lowest BCUT2D eigenvalue weighted by molar-refractivity contribution is 0.908. The molecule has 21 heavy (non-hydrogen) atoms. The van der Waals surface area contributed by atoms with Gasteiger partial charge in [0, 0.05) is 8.07 Å². The molecule has 1 heteroatoms. The molecule has 0 fully saturated rings. The largest absolute Gasteiger partial charge is 0.0693 e. The van der Waals surface area contributed by atoms with E-state index < -0.39 is 8.07 Å². The summed E-state index contributed by atoms with van der Waals surface area (Å²) in [4.78, 5) is 0. The Kier molecular flexibility index (Phi) is 3.79. The third-order valence-electron chi connectivity index (χ3n) is 4.48. The molecule has 0 aromatic heterocycles. The average Bonchev–Trinajstić information content (AvgIpc) is 2.86. The molecule has 0 N–H and O–H groups in total. The molecule has 0 saturated carbocycles. The minimum Gasteiger partial charge on any atom is -0.0693 e. The van der Waals surface area contributed by atoms with Gasteiger partial charge in [0.1, 0.15) is 0 Å². The molecular formula is C20H26Si. The molecule has 2 aromatic rings. The van der Waals surface area contributed by atoms with Gasteiger partial charge in [-0.25, -0.2) is 0 Å². The molecule has 0 atom stereocenters. The molecule has 0 spiro atoms. The van der Waals surface area contributed by atoms with Crippen LogP contribution in [0.15, 0.2) is 36.4 Å². The van der Waals surface area contributed by atoms with Crippen molar-refractivity contribution in [1.29, 1.82) is 0 Å². The van der Waals surface area contributed by atoms with Crippen LogP contribution >= 0.6 is 0 Å². The van der Waals surface area contributed by atoms with Crippen LogP contribution in [0.1, 0.15) is 28.7 Å². The summed E-state index contributed by atoms with van der Waals surface area (Å²) >= 11 is 0. The lowest BCUT2D eigenvalue weighted by atomic mass is 9.90. The number of benzene rings is 2. The van der Waals surface area contributed by atoms with Crippen LogP contribution in [0.4, 0.5) is 0 Å². The van der Waals surface area contributed by atoms with Crippen molar-refractivity contribution in [2.75, 3.05) is 0 Å². The van der Waals surface area contributed by atoms with Crippen LogP contribution in [0, 0.1) is 6.92 Å². The van der Waals surface area contributed by atoms with E-state index in [-0.39, 0.29) is 0 Å². The summed E-state index contributed by atoms with van der Waals surface area (Å²) in [5, 5.41) is 0. The Morgan fingerprint density at radius 1 is 1.00 bits per heavy atom. The SMILES string of the molecule is Cc1cc2c(c(C[Si](C)(C)C)c1-c1ccccc1)CCC2. The van der Waals surface area contributed by atoms with Gasteiger partial charge >= 0.3 is 0 Å². The van der Waals surface area contributed by atoms with Crippen LogP contribution in [-0.4, -0.2) is 8.07 Å². The Morgan fingerprint density at radius 2 is 1.71 bits per heavy atom. The van der Waals surface area contributed by atoms with Crippen molar-refractivity contribution < 1.29 is 0 Å². The molecule has 0 nitrogen and oxygen atoms in total. The Bertz CT molecular complexity index is 648. The first kappa shape index (κ1) is 14.6. The van der Waals surface area contributed by atoms with Crippen LogP contribution in [0.25, 0.3) is 11.1 Å². The zero-order valence-corrected chi connectivity index (χ0v) is 14.8. The van der Waals surface area contributed by atoms with E-state index in [2.05, 4.69) is 63.0 Å². The van der Waals surface area contributed by atoms with E-state index in [0.717, 1.165) is 0 Å². The van der Waals surface area contributed by atoms with Crippen molar-refractivity contribution in [2.24, 2.45) is 0 Å². The molecule has 0 saturated heterocycles. The number of aryl methyl sites for hydroxylation is 2. The van der Waals surface area contributed by atoms with Gasteiger partial charge in [0.25, 0.3) is 0 Å². The lowest BCUT2D eigenvalue weighted by Gasteiger charge is -2.24. The zero-order chi connectivity index (χ0) is 15.0. The molecule has 0 bridgehead atoms. The fraction of sp³-hybridized carbons (Fsp3) is 0.400. The fourth-order valence-corrected chi connectivity index (χ4v) is 5.18. The fourth-order valence-electron chi connectivity index (χ4n) is 3.73. The second-order valence-electron chi connectivity index (χ2n) is 7.64. The van der Waals surface area contributed by atoms with Gasteiger partial charge in [-0.15, -0.1) is 0 Å². The monoisotopic (exact) mass is 294 g/mol. The molecule has 0 heterocycles. The minimum absolute atomic E-state index is 1.13. The second kappa shape index (κ2) is 5.45. The third kappa shape index (κ3) is 2.98. The third-order valence-corrected chi connectivity index (χ3v) is 5.90. The summed E-state index contributed by atoms with van der Waals surface area (Å²) in [7, 11) is -1.13. The molecule has 1 aliphatic rings. The molecule has 0 aliphatic heterocycles. The van der Waals surface area contributed by atoms with Gasteiger partial charge in [0.15, 0.2) is 0 Å². The Hall–Kier alpha value is -1.34. The van der Waals surface area contributed by atoms with Crippen molar-refractivity contribution in [3.63, 3.8) is 0 Å². The van der Waals surface area contributed by atoms with Crippen LogP contribution in [0.2, 0.25) is 19.6 Å². The van der Waals surface area contributed by atoms with Crippen LogP contribution in [0.3, 0.4) is 0 Å². The van der Waals surface area contributed by atoms with Crippen molar-refractivity contribution in [3.05, 3.63) is 58.7 Å². The molecular weight excluding hydrogens is 268 g/mol. The van der Waals surface area contributed by atoms with Crippen molar-refractivity contribution in [2.45, 2.75) is 51.9 Å². The Balaban J connectivity index is 2.23. The zero-order valence-electron chi connectivity index (χ0n) is 13.8. The Morgan fingerprint density at radius 3 is 2.38 bits per heavy atom. The smallest absolute Gasteiger partial charge is 0.0487 e. The standard InChI is InChI=1S/C20H26Si/c1-15-13-17-11-8-12-18(17)19(14-21(2,3)4)20(15)16-9-6-5-7-10-16/h5-7,9-10,13H,8,11-12,14H2,1-4H3. The van der Waals surface area contributed by atoms with Crippen LogP contribution < -0.4 is 0 Å². The van der Waals surface area contributed by atoms with Crippen molar-refractivity contribution in [1.82, 2.24) is 0 Å². The van der Waals surface area contributed by atoms with E-state index in [0.29, 0.717) is 0 Å². The van der Waals surface area contributed by atoms with E-state index in [1.807, 2.05) is 0 Å². The molecule has 2 aromatic carbocycles. The topological polar surface area (TPSA) is 0 Å². The first-order valence-electron chi connectivity index (χ1n) is 8.15. The van der Waals surface area contributed by atoms with E-state index in [9.17, 15) is 0 Å². The quantitative estimate of drug-likeness (QED) is 0.649. The van der Waals surface area contributed by atoms with Gasteiger partial charge in [-0.3, -0.25) is 0 Å². The molecule has 0 amide bonds. The normalized spacial score (nSPS) is 14.3. The van der Waals surface area contributed by atoms with E-state index >= 15 is 0 Å². The highest BCUT2D eigenvalue weighted by molar-refractivity contribution is 6.75. The van der Waals surface area contributed by atoms with E-state index in [1.165, 1.54) is 42.0 Å². The molecule has 1 aliphatic carbocycles. The summed E-state index contributed by atoms with van der Waals surface area (Å²) in [5.74, 6) is 0. The van der Waals surface area contributed by atoms with Crippen molar-refractivity contribution in [3.8, 4) is 11.1 Å². The summed E-state index contributed by atoms with van der Waals surface area (Å²) in [5.41, 5.74) is 9.38. The number of hydrogen-bond acceptors (Lipinski definition) is 0. The van der Waals surface area contributed by atoms with E-state index in [1.54, 1.807) is 16.7 Å². The number of rotatable bonds is 3. The van der Waals surface area contributed by atoms with Gasteiger partial charge < -0.3 is 0 Å². The molecule has 3 rings (SSSR count). The summed E-state index contributed by atoms with van der Waals surface area (Å²) in [6.45, 7) is 9.77. The van der Waals surface area contributed by atoms with E-state index in [4.69, 9.17) is 0 Å². The maximum atomic E-state index is 2.49. The predicted molar refractivity (Wildman–Crippen MR) is 95.7 cm³/mol. The number of fused-ring (bicyclic) bond motifs is 1. The molecule has 0 unspecified atom stereocenters. The highest BCUT2D eigenvalue weighted by Gasteiger charge is 2.24. The molecule has 0 radical (unpaired) electrons. The average molecular weight is 295 g/mol. The summed E-state index contributed by atoms with van der Waals surface area (Å²) in [6.07, 6.45) is 3.91. The van der Waals surface area contributed by atoms with Gasteiger partial charge in [0.2, 0.25) is 0 Å². The van der Waals surface area contributed by atoms with Gasteiger partial charge in [-0.2, -0.15) is 0 Å². The first-order chi connectivity index (χ1) is 9.96. The summed E-state index contributed by atoms with van der Waals surface area (Å²) < 4.78 is 0. The Labute approximate surface area is 130 Å². The van der Waals surface area contributed by atoms with Gasteiger partial charge in [-0.1, -0.05) is 56.0 Å². The van der Waals surface area contributed by atoms with Gasteiger partial charge in [-0.05, 0) is 65.6 Å². The highest BCUT2D eigenvalue weighted by Crippen LogP contribution is 2.37. The number of hydrogen-bond donors (Lipinski definition) is 0. The lowest BCUT2D eigenvalue weighted by Crippen LogP contribution is -2.25.